The van der Waals surface area contributed by atoms with Crippen LogP contribution >= 0.6 is 22.7 Å². The third kappa shape index (κ3) is 5.13. The average molecular weight is 867 g/mol. The Morgan fingerprint density at radius 1 is 0.375 bits per heavy atom. The van der Waals surface area contributed by atoms with Gasteiger partial charge in [0.1, 0.15) is 11.5 Å². The van der Waals surface area contributed by atoms with Gasteiger partial charge in [0.05, 0.1) is 24.0 Å². The van der Waals surface area contributed by atoms with Crippen molar-refractivity contribution in [1.29, 1.82) is 0 Å². The predicted molar refractivity (Wildman–Crippen MR) is 269 cm³/mol. The predicted octanol–water partition coefficient (Wildman–Crippen LogP) is 16.7. The maximum Gasteiger partial charge on any atom is 0.119 e. The molecule has 2 nitrogen and oxygen atoms in total. The highest BCUT2D eigenvalue weighted by Gasteiger charge is 2.56. The van der Waals surface area contributed by atoms with E-state index < -0.39 is 10.8 Å². The van der Waals surface area contributed by atoms with Crippen LogP contribution in [0.25, 0.3) is 63.3 Å². The van der Waals surface area contributed by atoms with Crippen molar-refractivity contribution >= 4 is 42.8 Å². The highest BCUT2D eigenvalue weighted by molar-refractivity contribution is 7.24. The van der Waals surface area contributed by atoms with Crippen molar-refractivity contribution < 1.29 is 9.47 Å². The summed E-state index contributed by atoms with van der Waals surface area (Å²) < 4.78 is 15.8. The molecule has 13 rings (SSSR count). The second-order valence-corrected chi connectivity index (χ2v) is 20.5. The number of benzene rings is 7. The van der Waals surface area contributed by atoms with Gasteiger partial charge in [0, 0.05) is 19.2 Å². The van der Waals surface area contributed by atoms with Crippen LogP contribution in [0, 0.1) is 0 Å². The molecular weight excluding hydrogens is 817 g/mol. The van der Waals surface area contributed by atoms with E-state index in [1.807, 2.05) is 22.7 Å². The Balaban J connectivity index is 1.04. The maximum atomic E-state index is 6.57. The molecule has 9 aromatic rings. The molecule has 0 N–H and O–H groups in total. The lowest BCUT2D eigenvalue weighted by Gasteiger charge is -2.31. The number of fused-ring (bicyclic) bond motifs is 24. The normalized spacial score (nSPS) is 14.7. The number of hydrogen-bond acceptors (Lipinski definition) is 4. The monoisotopic (exact) mass is 866 g/mol. The fourth-order valence-electron chi connectivity index (χ4n) is 12.3. The number of hydrogen-bond donors (Lipinski definition) is 0. The van der Waals surface area contributed by atoms with E-state index in [1.54, 1.807) is 0 Å². The van der Waals surface area contributed by atoms with Gasteiger partial charge in [0.15, 0.2) is 0 Å². The Morgan fingerprint density at radius 2 is 0.750 bits per heavy atom. The van der Waals surface area contributed by atoms with Gasteiger partial charge in [-0.15, -0.1) is 22.7 Å². The summed E-state index contributed by atoms with van der Waals surface area (Å²) in [5.41, 5.74) is 18.2. The van der Waals surface area contributed by atoms with Gasteiger partial charge in [-0.2, -0.15) is 0 Å². The third-order valence-electron chi connectivity index (χ3n) is 15.0. The van der Waals surface area contributed by atoms with Crippen LogP contribution in [0.15, 0.2) is 146 Å². The summed E-state index contributed by atoms with van der Waals surface area (Å²) in [7, 11) is 0. The molecule has 0 saturated carbocycles. The van der Waals surface area contributed by atoms with E-state index in [9.17, 15) is 0 Å². The van der Waals surface area contributed by atoms with Gasteiger partial charge in [0.2, 0.25) is 0 Å². The quantitative estimate of drug-likeness (QED) is 0.114. The zero-order chi connectivity index (χ0) is 42.6. The van der Waals surface area contributed by atoms with Gasteiger partial charge in [-0.1, -0.05) is 149 Å². The van der Waals surface area contributed by atoms with Crippen LogP contribution in [-0.2, 0) is 10.8 Å². The average Bonchev–Trinajstić information content (AvgIpc) is 4.15. The van der Waals surface area contributed by atoms with E-state index >= 15 is 0 Å². The van der Waals surface area contributed by atoms with Crippen molar-refractivity contribution in [3.8, 4) is 54.6 Å². The van der Waals surface area contributed by atoms with E-state index in [1.165, 1.54) is 146 Å². The van der Waals surface area contributed by atoms with Crippen molar-refractivity contribution in [1.82, 2.24) is 0 Å². The van der Waals surface area contributed by atoms with Crippen LogP contribution < -0.4 is 9.47 Å². The van der Waals surface area contributed by atoms with Gasteiger partial charge in [0.25, 0.3) is 0 Å². The fourth-order valence-corrected chi connectivity index (χ4v) is 15.0. The van der Waals surface area contributed by atoms with Gasteiger partial charge >= 0.3 is 0 Å². The summed E-state index contributed by atoms with van der Waals surface area (Å²) in [6.07, 6.45) is 9.52. The fraction of sp³-hybridized carbons (Fsp3) is 0.233. The van der Waals surface area contributed by atoms with Crippen molar-refractivity contribution in [2.45, 2.75) is 76.0 Å². The number of rotatable bonds is 12. The first-order chi connectivity index (χ1) is 31.7. The molecule has 7 aromatic carbocycles. The zero-order valence-corrected chi connectivity index (χ0v) is 38.2. The molecule has 64 heavy (non-hydrogen) atoms. The minimum atomic E-state index is -0.449. The zero-order valence-electron chi connectivity index (χ0n) is 36.6. The number of ether oxygens (including phenoxy) is 2. The van der Waals surface area contributed by atoms with Crippen LogP contribution in [0.5, 0.6) is 11.5 Å². The van der Waals surface area contributed by atoms with Gasteiger partial charge in [-0.3, -0.25) is 0 Å². The minimum absolute atomic E-state index is 0.449. The Morgan fingerprint density at radius 3 is 1.12 bits per heavy atom. The molecule has 0 radical (unpaired) electrons. The lowest BCUT2D eigenvalue weighted by molar-refractivity contribution is 0.304. The van der Waals surface area contributed by atoms with E-state index in [0.717, 1.165) is 37.6 Å². The molecule has 2 heterocycles. The molecule has 0 aliphatic heterocycles. The summed E-state index contributed by atoms with van der Waals surface area (Å²) in [5, 5.41) is 2.73. The molecular formula is C60H50O2S2. The topological polar surface area (TPSA) is 18.5 Å². The van der Waals surface area contributed by atoms with Gasteiger partial charge in [-0.05, 0) is 150 Å². The smallest absolute Gasteiger partial charge is 0.119 e. The molecule has 4 aliphatic carbocycles. The van der Waals surface area contributed by atoms with E-state index in [-0.39, 0.29) is 0 Å². The van der Waals surface area contributed by atoms with Crippen LogP contribution in [0.4, 0.5) is 0 Å². The van der Waals surface area contributed by atoms with Gasteiger partial charge < -0.3 is 9.47 Å². The molecule has 0 saturated heterocycles. The first-order valence-corrected chi connectivity index (χ1v) is 25.3. The van der Waals surface area contributed by atoms with E-state index in [0.29, 0.717) is 0 Å². The molecule has 0 fully saturated rings. The third-order valence-corrected chi connectivity index (χ3v) is 17.3. The Labute approximate surface area is 384 Å². The summed E-state index contributed by atoms with van der Waals surface area (Å²) >= 11 is 3.97. The molecule has 0 amide bonds. The Hall–Kier alpha value is -5.94. The van der Waals surface area contributed by atoms with Crippen molar-refractivity contribution in [3.63, 3.8) is 0 Å². The van der Waals surface area contributed by atoms with Gasteiger partial charge in [-0.25, -0.2) is 0 Å². The van der Waals surface area contributed by atoms with Crippen molar-refractivity contribution in [2.24, 2.45) is 0 Å². The summed E-state index contributed by atoms with van der Waals surface area (Å²) in [5.74, 6) is 1.94. The second-order valence-electron chi connectivity index (χ2n) is 18.4. The summed E-state index contributed by atoms with van der Waals surface area (Å²) in [6, 6.07) is 55.9. The van der Waals surface area contributed by atoms with Crippen LogP contribution in [-0.4, -0.2) is 13.2 Å². The highest BCUT2D eigenvalue weighted by Crippen LogP contribution is 2.69. The lowest BCUT2D eigenvalue weighted by atomic mass is 9.69. The molecule has 0 atom stereocenters. The molecule has 4 heteroatoms. The van der Waals surface area contributed by atoms with Crippen LogP contribution in [0.2, 0.25) is 0 Å². The Bertz CT molecular complexity index is 3030. The summed E-state index contributed by atoms with van der Waals surface area (Å²) in [4.78, 5) is 2.77. The van der Waals surface area contributed by atoms with Crippen LogP contribution in [0.3, 0.4) is 0 Å². The first-order valence-electron chi connectivity index (χ1n) is 23.7. The van der Waals surface area contributed by atoms with E-state index in [2.05, 4.69) is 159 Å². The molecule has 0 unspecified atom stereocenters. The second kappa shape index (κ2) is 14.8. The first kappa shape index (κ1) is 38.5. The number of thiophene rings is 2. The standard InChI is InChI=1S/C60H50O2S2/c1-3-5-7-17-31-61-37-27-29-43-51(33-37)59(47-23-13-9-19-39(47)40-20-10-14-24-48(40)59)55-45-35-54-46(36-53(45)63-57(43)55)56-58(64-54)44-30-28-38(62-32-18-8-6-4-2)34-52(44)60(56)49-25-15-11-21-41(49)42-22-12-16-26-50(42)60/h9-16,19-30,33-36H,3-8,17-18,31-32H2,1-2H3. The molecule has 4 aliphatic rings. The summed E-state index contributed by atoms with van der Waals surface area (Å²) in [6.45, 7) is 6.03. The molecule has 2 spiro atoms. The van der Waals surface area contributed by atoms with Crippen molar-refractivity contribution in [2.75, 3.05) is 13.2 Å². The molecule has 314 valence electrons. The Kier molecular flexibility index (Phi) is 8.91. The number of unbranched alkanes of at least 4 members (excludes halogenated alkanes) is 6. The highest BCUT2D eigenvalue weighted by atomic mass is 32.1. The molecule has 0 bridgehead atoms. The van der Waals surface area contributed by atoms with E-state index in [4.69, 9.17) is 9.47 Å². The lowest BCUT2D eigenvalue weighted by Crippen LogP contribution is -2.26. The molecule has 2 aromatic heterocycles. The maximum absolute atomic E-state index is 6.57. The van der Waals surface area contributed by atoms with Crippen LogP contribution in [0.1, 0.15) is 110 Å². The van der Waals surface area contributed by atoms with Crippen molar-refractivity contribution in [3.05, 3.63) is 190 Å². The SMILES string of the molecule is CCCCCCOc1ccc2c(c1)C1(c3ccccc3-c3ccccc31)c1c-2sc2cc3c4c(sc3cc12)-c1ccc(OCCCCCC)cc1C41c2ccccc2-c2ccccc21. The largest absolute Gasteiger partial charge is 0.494 e. The minimum Gasteiger partial charge on any atom is -0.494 e.